The summed E-state index contributed by atoms with van der Waals surface area (Å²) in [5, 5.41) is 15.2. The lowest BCUT2D eigenvalue weighted by Gasteiger charge is -2.06. The number of anilines is 1. The van der Waals surface area contributed by atoms with Crippen molar-refractivity contribution < 1.29 is 19.5 Å². The van der Waals surface area contributed by atoms with Gasteiger partial charge in [0, 0.05) is 11.5 Å². The Kier molecular flexibility index (Phi) is 4.39. The van der Waals surface area contributed by atoms with Gasteiger partial charge in [-0.25, -0.2) is 4.79 Å². The fourth-order valence-electron chi connectivity index (χ4n) is 1.73. The van der Waals surface area contributed by atoms with Gasteiger partial charge in [0.15, 0.2) is 0 Å². The molecule has 0 radical (unpaired) electrons. The van der Waals surface area contributed by atoms with Crippen LogP contribution in [0.3, 0.4) is 0 Å². The molecule has 1 fully saturated rings. The lowest BCUT2D eigenvalue weighted by Crippen LogP contribution is -2.18. The lowest BCUT2D eigenvalue weighted by atomic mass is 10.3. The van der Waals surface area contributed by atoms with E-state index >= 15 is 0 Å². The maximum atomic E-state index is 11.1. The third-order valence-electron chi connectivity index (χ3n) is 2.62. The Balaban J connectivity index is 2.11. The first kappa shape index (κ1) is 13.4. The fraction of sp³-hybridized carbons (Fsp3) is 0.500. The van der Waals surface area contributed by atoms with Gasteiger partial charge in [0.1, 0.15) is 6.10 Å². The van der Waals surface area contributed by atoms with E-state index in [1.807, 2.05) is 0 Å². The molecule has 0 aromatic carbocycles. The number of hydrogen-bond donors (Lipinski definition) is 2. The van der Waals surface area contributed by atoms with Crippen LogP contribution in [0.25, 0.3) is 0 Å². The van der Waals surface area contributed by atoms with Gasteiger partial charge in [-0.2, -0.15) is 9.36 Å². The Bertz CT molecular complexity index is 495. The van der Waals surface area contributed by atoms with E-state index in [-0.39, 0.29) is 22.8 Å². The summed E-state index contributed by atoms with van der Waals surface area (Å²) < 4.78 is 3.82. The molecule has 2 rings (SSSR count). The van der Waals surface area contributed by atoms with E-state index in [9.17, 15) is 9.59 Å². The molecule has 0 bridgehead atoms. The summed E-state index contributed by atoms with van der Waals surface area (Å²) in [6, 6.07) is 0. The van der Waals surface area contributed by atoms with Gasteiger partial charge in [0.25, 0.3) is 0 Å². The quantitative estimate of drug-likeness (QED) is 0.455. The number of oxime groups is 1. The summed E-state index contributed by atoms with van der Waals surface area (Å²) in [6.07, 6.45) is 4.27. The molecule has 0 spiro atoms. The zero-order valence-electron chi connectivity index (χ0n) is 9.90. The standard InChI is InChI=1S/C10H12N4O4S/c15-5-11-10-12-8(14-19-10)7(9(16)17)13-18-6-3-1-2-4-6/h5-6H,1-4H2,(H,16,17)(H,11,12,14,15)/b13-7-. The number of nitrogens with zero attached hydrogens (tertiary/aromatic N) is 3. The minimum absolute atomic E-state index is 0.0412. The summed E-state index contributed by atoms with van der Waals surface area (Å²) in [5.74, 6) is -1.34. The van der Waals surface area contributed by atoms with E-state index in [4.69, 9.17) is 9.94 Å². The van der Waals surface area contributed by atoms with E-state index in [0.717, 1.165) is 37.2 Å². The van der Waals surface area contributed by atoms with Crippen molar-refractivity contribution in [3.05, 3.63) is 5.82 Å². The molecule has 8 nitrogen and oxygen atoms in total. The maximum Gasteiger partial charge on any atom is 0.362 e. The molecule has 1 aliphatic carbocycles. The number of aromatic nitrogens is 2. The minimum Gasteiger partial charge on any atom is -0.476 e. The molecule has 9 heteroatoms. The molecule has 1 aromatic heterocycles. The molecule has 102 valence electrons. The number of carboxylic acids is 1. The van der Waals surface area contributed by atoms with Crippen molar-refractivity contribution in [3.8, 4) is 0 Å². The van der Waals surface area contributed by atoms with Crippen LogP contribution in [0.2, 0.25) is 0 Å². The van der Waals surface area contributed by atoms with Crippen LogP contribution < -0.4 is 5.32 Å². The monoisotopic (exact) mass is 284 g/mol. The molecule has 1 aliphatic rings. The minimum atomic E-state index is -1.27. The first-order valence-corrected chi connectivity index (χ1v) is 6.49. The van der Waals surface area contributed by atoms with Crippen LogP contribution >= 0.6 is 11.5 Å². The maximum absolute atomic E-state index is 11.1. The molecule has 0 atom stereocenters. The second kappa shape index (κ2) is 6.23. The summed E-state index contributed by atoms with van der Waals surface area (Å²) >= 11 is 0.875. The number of carbonyl (C=O) groups is 2. The Morgan fingerprint density at radius 2 is 2.26 bits per heavy atom. The third-order valence-corrected chi connectivity index (χ3v) is 3.26. The Morgan fingerprint density at radius 3 is 2.89 bits per heavy atom. The molecule has 2 N–H and O–H groups in total. The number of carboxylic acid groups (broad SMARTS) is 1. The second-order valence-corrected chi connectivity index (χ2v) is 4.69. The second-order valence-electron chi connectivity index (χ2n) is 3.94. The summed E-state index contributed by atoms with van der Waals surface area (Å²) in [4.78, 5) is 30.4. The normalized spacial score (nSPS) is 16.3. The molecule has 1 heterocycles. The van der Waals surface area contributed by atoms with E-state index < -0.39 is 5.97 Å². The van der Waals surface area contributed by atoms with Gasteiger partial charge in [-0.3, -0.25) is 4.79 Å². The zero-order valence-corrected chi connectivity index (χ0v) is 10.7. The van der Waals surface area contributed by atoms with Gasteiger partial charge in [0.05, 0.1) is 0 Å². The predicted molar refractivity (Wildman–Crippen MR) is 67.1 cm³/mol. The molecule has 19 heavy (non-hydrogen) atoms. The average molecular weight is 284 g/mol. The number of amides is 1. The summed E-state index contributed by atoms with van der Waals surface area (Å²) in [5.41, 5.74) is -0.359. The van der Waals surface area contributed by atoms with E-state index in [1.165, 1.54) is 0 Å². The van der Waals surface area contributed by atoms with Gasteiger partial charge in [-0.1, -0.05) is 5.16 Å². The molecular weight excluding hydrogens is 272 g/mol. The van der Waals surface area contributed by atoms with Crippen molar-refractivity contribution in [2.45, 2.75) is 31.8 Å². The number of aliphatic carboxylic acids is 1. The highest BCUT2D eigenvalue weighted by molar-refractivity contribution is 7.10. The molecule has 0 unspecified atom stereocenters. The van der Waals surface area contributed by atoms with Crippen molar-refractivity contribution in [3.63, 3.8) is 0 Å². The van der Waals surface area contributed by atoms with Crippen LogP contribution in [-0.4, -0.2) is 38.7 Å². The first-order chi connectivity index (χ1) is 9.20. The van der Waals surface area contributed by atoms with Crippen LogP contribution in [-0.2, 0) is 14.4 Å². The van der Waals surface area contributed by atoms with Crippen molar-refractivity contribution in [1.82, 2.24) is 9.36 Å². The smallest absolute Gasteiger partial charge is 0.362 e. The Morgan fingerprint density at radius 1 is 1.53 bits per heavy atom. The highest BCUT2D eigenvalue weighted by atomic mass is 32.1. The van der Waals surface area contributed by atoms with E-state index in [1.54, 1.807) is 0 Å². The van der Waals surface area contributed by atoms with Gasteiger partial charge < -0.3 is 15.3 Å². The van der Waals surface area contributed by atoms with Crippen LogP contribution in [0.5, 0.6) is 0 Å². The van der Waals surface area contributed by atoms with E-state index in [2.05, 4.69) is 19.8 Å². The number of hydrogen-bond acceptors (Lipinski definition) is 7. The molecular formula is C10H12N4O4S. The number of carbonyl (C=O) groups excluding carboxylic acids is 1. The van der Waals surface area contributed by atoms with Gasteiger partial charge in [-0.05, 0) is 25.7 Å². The van der Waals surface area contributed by atoms with Crippen molar-refractivity contribution in [2.75, 3.05) is 5.32 Å². The number of nitrogens with one attached hydrogen (secondary N) is 1. The highest BCUT2D eigenvalue weighted by Crippen LogP contribution is 2.21. The van der Waals surface area contributed by atoms with Gasteiger partial charge >= 0.3 is 5.97 Å². The molecule has 1 saturated carbocycles. The van der Waals surface area contributed by atoms with Gasteiger partial charge in [-0.15, -0.1) is 0 Å². The fourth-order valence-corrected chi connectivity index (χ4v) is 2.25. The zero-order chi connectivity index (χ0) is 13.7. The molecule has 1 aromatic rings. The topological polar surface area (TPSA) is 114 Å². The first-order valence-electron chi connectivity index (χ1n) is 5.72. The Hall–Kier alpha value is -2.03. The summed E-state index contributed by atoms with van der Waals surface area (Å²) in [7, 11) is 0. The summed E-state index contributed by atoms with van der Waals surface area (Å²) in [6.45, 7) is 0. The van der Waals surface area contributed by atoms with Gasteiger partial charge in [0.2, 0.25) is 23.1 Å². The third kappa shape index (κ3) is 3.47. The van der Waals surface area contributed by atoms with E-state index in [0.29, 0.717) is 6.41 Å². The predicted octanol–water partition coefficient (Wildman–Crippen LogP) is 0.854. The van der Waals surface area contributed by atoms with Crippen LogP contribution in [0.15, 0.2) is 5.16 Å². The average Bonchev–Trinajstić information content (AvgIpc) is 3.01. The lowest BCUT2D eigenvalue weighted by molar-refractivity contribution is -0.129. The number of rotatable bonds is 6. The van der Waals surface area contributed by atoms with Crippen LogP contribution in [0.1, 0.15) is 31.5 Å². The molecule has 0 aliphatic heterocycles. The van der Waals surface area contributed by atoms with Crippen molar-refractivity contribution in [2.24, 2.45) is 5.16 Å². The van der Waals surface area contributed by atoms with Crippen LogP contribution in [0, 0.1) is 0 Å². The molecule has 0 saturated heterocycles. The highest BCUT2D eigenvalue weighted by Gasteiger charge is 2.22. The van der Waals surface area contributed by atoms with Crippen molar-refractivity contribution in [1.29, 1.82) is 0 Å². The SMILES string of the molecule is O=CNc1nc(/C(=N/OC2CCCC2)C(=O)O)ns1. The molecule has 1 amide bonds. The Labute approximate surface area is 112 Å². The largest absolute Gasteiger partial charge is 0.476 e. The van der Waals surface area contributed by atoms with Crippen LogP contribution in [0.4, 0.5) is 5.13 Å². The van der Waals surface area contributed by atoms with Crippen molar-refractivity contribution >= 4 is 34.8 Å².